The van der Waals surface area contributed by atoms with E-state index in [2.05, 4.69) is 5.10 Å². The average Bonchev–Trinajstić information content (AvgIpc) is 3.16. The largest absolute Gasteiger partial charge is 0.494 e. The molecule has 0 radical (unpaired) electrons. The summed E-state index contributed by atoms with van der Waals surface area (Å²) in [7, 11) is 3.29. The van der Waals surface area contributed by atoms with Crippen molar-refractivity contribution in [3.05, 3.63) is 72.6 Å². The second kappa shape index (κ2) is 8.89. The zero-order chi connectivity index (χ0) is 19.1. The number of benzene rings is 2. The molecular weight excluding hydrogens is 342 g/mol. The SMILES string of the molecule is COc1cn(-c2ccccc2)nc1C(=O)N(C)CCCOc1ccccc1. The Balaban J connectivity index is 1.60. The summed E-state index contributed by atoms with van der Waals surface area (Å²) in [4.78, 5) is 14.4. The van der Waals surface area contributed by atoms with Crippen LogP contribution in [0, 0.1) is 0 Å². The molecule has 0 aliphatic rings. The van der Waals surface area contributed by atoms with Gasteiger partial charge in [0.05, 0.1) is 25.6 Å². The molecular formula is C21H23N3O3. The van der Waals surface area contributed by atoms with Crippen LogP contribution in [0.5, 0.6) is 11.5 Å². The van der Waals surface area contributed by atoms with Crippen LogP contribution < -0.4 is 9.47 Å². The first-order valence-corrected chi connectivity index (χ1v) is 8.81. The van der Waals surface area contributed by atoms with E-state index in [4.69, 9.17) is 9.47 Å². The van der Waals surface area contributed by atoms with E-state index in [9.17, 15) is 4.79 Å². The quantitative estimate of drug-likeness (QED) is 0.574. The van der Waals surface area contributed by atoms with Gasteiger partial charge in [-0.3, -0.25) is 4.79 Å². The molecule has 0 aliphatic carbocycles. The molecule has 6 heteroatoms. The standard InChI is InChI=1S/C21H23N3O3/c1-23(14-9-15-27-18-12-7-4-8-13-18)21(25)20-19(26-2)16-24(22-20)17-10-5-3-6-11-17/h3-8,10-13,16H,9,14-15H2,1-2H3. The van der Waals surface area contributed by atoms with Crippen molar-refractivity contribution < 1.29 is 14.3 Å². The predicted octanol–water partition coefficient (Wildman–Crippen LogP) is 3.42. The van der Waals surface area contributed by atoms with E-state index in [0.717, 1.165) is 17.9 Å². The maximum atomic E-state index is 12.8. The summed E-state index contributed by atoms with van der Waals surface area (Å²) in [5, 5.41) is 4.42. The Morgan fingerprint density at radius 2 is 1.74 bits per heavy atom. The van der Waals surface area contributed by atoms with Crippen molar-refractivity contribution in [2.24, 2.45) is 0 Å². The molecule has 2 aromatic carbocycles. The van der Waals surface area contributed by atoms with Gasteiger partial charge in [0.1, 0.15) is 5.75 Å². The van der Waals surface area contributed by atoms with Gasteiger partial charge >= 0.3 is 0 Å². The molecule has 0 aliphatic heterocycles. The van der Waals surface area contributed by atoms with Crippen LogP contribution >= 0.6 is 0 Å². The van der Waals surface area contributed by atoms with Crippen molar-refractivity contribution in [3.8, 4) is 17.2 Å². The average molecular weight is 365 g/mol. The molecule has 1 heterocycles. The Morgan fingerprint density at radius 3 is 2.41 bits per heavy atom. The number of amides is 1. The molecule has 140 valence electrons. The molecule has 0 unspecified atom stereocenters. The third-order valence-electron chi connectivity index (χ3n) is 4.12. The lowest BCUT2D eigenvalue weighted by atomic mass is 10.3. The van der Waals surface area contributed by atoms with E-state index >= 15 is 0 Å². The van der Waals surface area contributed by atoms with E-state index in [0.29, 0.717) is 24.6 Å². The minimum absolute atomic E-state index is 0.179. The number of para-hydroxylation sites is 2. The predicted molar refractivity (Wildman–Crippen MR) is 104 cm³/mol. The van der Waals surface area contributed by atoms with Gasteiger partial charge in [-0.1, -0.05) is 36.4 Å². The van der Waals surface area contributed by atoms with Gasteiger partial charge in [0.25, 0.3) is 5.91 Å². The number of carbonyl (C=O) groups excluding carboxylic acids is 1. The lowest BCUT2D eigenvalue weighted by Gasteiger charge is -2.16. The van der Waals surface area contributed by atoms with Gasteiger partial charge in [-0.05, 0) is 30.7 Å². The van der Waals surface area contributed by atoms with Crippen molar-refractivity contribution in [1.82, 2.24) is 14.7 Å². The smallest absolute Gasteiger partial charge is 0.277 e. The fourth-order valence-electron chi connectivity index (χ4n) is 2.66. The first-order chi connectivity index (χ1) is 13.2. The molecule has 0 bridgehead atoms. The van der Waals surface area contributed by atoms with Gasteiger partial charge in [0.2, 0.25) is 0 Å². The highest BCUT2D eigenvalue weighted by Crippen LogP contribution is 2.21. The zero-order valence-corrected chi connectivity index (χ0v) is 15.5. The Kier molecular flexibility index (Phi) is 6.10. The highest BCUT2D eigenvalue weighted by molar-refractivity contribution is 5.94. The van der Waals surface area contributed by atoms with Gasteiger partial charge in [0.15, 0.2) is 11.4 Å². The monoisotopic (exact) mass is 365 g/mol. The lowest BCUT2D eigenvalue weighted by molar-refractivity contribution is 0.0778. The molecule has 1 amide bonds. The fraction of sp³-hybridized carbons (Fsp3) is 0.238. The van der Waals surface area contributed by atoms with E-state index < -0.39 is 0 Å². The van der Waals surface area contributed by atoms with Crippen molar-refractivity contribution in [3.63, 3.8) is 0 Å². The Bertz CT molecular complexity index is 863. The number of hydrogen-bond donors (Lipinski definition) is 0. The highest BCUT2D eigenvalue weighted by atomic mass is 16.5. The Morgan fingerprint density at radius 1 is 1.07 bits per heavy atom. The van der Waals surface area contributed by atoms with Gasteiger partial charge in [-0.2, -0.15) is 5.10 Å². The molecule has 1 aromatic heterocycles. The minimum atomic E-state index is -0.179. The van der Waals surface area contributed by atoms with E-state index in [1.807, 2.05) is 60.7 Å². The number of hydrogen-bond acceptors (Lipinski definition) is 4. The molecule has 0 N–H and O–H groups in total. The van der Waals surface area contributed by atoms with Crippen molar-refractivity contribution in [2.45, 2.75) is 6.42 Å². The van der Waals surface area contributed by atoms with Crippen LogP contribution in [0.1, 0.15) is 16.9 Å². The van der Waals surface area contributed by atoms with Crippen LogP contribution in [0.15, 0.2) is 66.9 Å². The third kappa shape index (κ3) is 4.67. The van der Waals surface area contributed by atoms with Crippen LogP contribution in [0.2, 0.25) is 0 Å². The summed E-state index contributed by atoms with van der Waals surface area (Å²) < 4.78 is 12.7. The molecule has 27 heavy (non-hydrogen) atoms. The number of nitrogens with zero attached hydrogens (tertiary/aromatic N) is 3. The number of methoxy groups -OCH3 is 1. The normalized spacial score (nSPS) is 10.4. The lowest BCUT2D eigenvalue weighted by Crippen LogP contribution is -2.29. The number of ether oxygens (including phenoxy) is 2. The van der Waals surface area contributed by atoms with E-state index in [-0.39, 0.29) is 5.91 Å². The summed E-state index contributed by atoms with van der Waals surface area (Å²) in [6.45, 7) is 1.10. The van der Waals surface area contributed by atoms with Gasteiger partial charge < -0.3 is 14.4 Å². The Hall–Kier alpha value is -3.28. The summed E-state index contributed by atoms with van der Waals surface area (Å²) in [6, 6.07) is 19.2. The molecule has 3 rings (SSSR count). The zero-order valence-electron chi connectivity index (χ0n) is 15.5. The molecule has 0 saturated heterocycles. The van der Waals surface area contributed by atoms with Crippen molar-refractivity contribution in [2.75, 3.05) is 27.3 Å². The minimum Gasteiger partial charge on any atom is -0.494 e. The molecule has 0 atom stereocenters. The third-order valence-corrected chi connectivity index (χ3v) is 4.12. The summed E-state index contributed by atoms with van der Waals surface area (Å²) >= 11 is 0. The molecule has 0 saturated carbocycles. The number of rotatable bonds is 8. The number of carbonyl (C=O) groups is 1. The second-order valence-electron chi connectivity index (χ2n) is 6.07. The van der Waals surface area contributed by atoms with Gasteiger partial charge in [0, 0.05) is 13.6 Å². The van der Waals surface area contributed by atoms with Gasteiger partial charge in [-0.15, -0.1) is 0 Å². The van der Waals surface area contributed by atoms with Crippen LogP contribution in [0.3, 0.4) is 0 Å². The van der Waals surface area contributed by atoms with Crippen LogP contribution in [0.25, 0.3) is 5.69 Å². The van der Waals surface area contributed by atoms with Crippen LogP contribution in [-0.4, -0.2) is 47.9 Å². The summed E-state index contributed by atoms with van der Waals surface area (Å²) in [5.41, 5.74) is 1.17. The van der Waals surface area contributed by atoms with Gasteiger partial charge in [-0.25, -0.2) is 4.68 Å². The van der Waals surface area contributed by atoms with Crippen LogP contribution in [-0.2, 0) is 0 Å². The van der Waals surface area contributed by atoms with E-state index in [1.165, 1.54) is 7.11 Å². The first kappa shape index (κ1) is 18.5. The molecule has 3 aromatic rings. The second-order valence-corrected chi connectivity index (χ2v) is 6.07. The van der Waals surface area contributed by atoms with Crippen LogP contribution in [0.4, 0.5) is 0 Å². The topological polar surface area (TPSA) is 56.6 Å². The van der Waals surface area contributed by atoms with E-state index in [1.54, 1.807) is 22.8 Å². The Labute approximate surface area is 158 Å². The first-order valence-electron chi connectivity index (χ1n) is 8.81. The fourth-order valence-corrected chi connectivity index (χ4v) is 2.66. The highest BCUT2D eigenvalue weighted by Gasteiger charge is 2.21. The molecule has 0 fully saturated rings. The number of aromatic nitrogens is 2. The maximum absolute atomic E-state index is 12.8. The molecule has 6 nitrogen and oxygen atoms in total. The summed E-state index contributed by atoms with van der Waals surface area (Å²) in [6.07, 6.45) is 2.44. The summed E-state index contributed by atoms with van der Waals surface area (Å²) in [5.74, 6) is 1.10. The van der Waals surface area contributed by atoms with Crippen molar-refractivity contribution in [1.29, 1.82) is 0 Å². The van der Waals surface area contributed by atoms with Crippen molar-refractivity contribution >= 4 is 5.91 Å². The maximum Gasteiger partial charge on any atom is 0.277 e. The molecule has 0 spiro atoms.